The molecule has 0 unspecified atom stereocenters. The number of nitrogens with zero attached hydrogens (tertiary/aromatic N) is 1. The van der Waals surface area contributed by atoms with Gasteiger partial charge in [0.15, 0.2) is 11.5 Å². The fourth-order valence-electron chi connectivity index (χ4n) is 3.09. The second-order valence-corrected chi connectivity index (χ2v) is 8.15. The van der Waals surface area contributed by atoms with Crippen LogP contribution < -0.4 is 20.2 Å². The van der Waals surface area contributed by atoms with Crippen molar-refractivity contribution in [3.8, 4) is 11.5 Å². The predicted molar refractivity (Wildman–Crippen MR) is 134 cm³/mol. The lowest BCUT2D eigenvalue weighted by Crippen LogP contribution is -2.33. The van der Waals surface area contributed by atoms with E-state index in [0.717, 1.165) is 11.1 Å². The quantitative estimate of drug-likeness (QED) is 0.268. The van der Waals surface area contributed by atoms with Crippen molar-refractivity contribution in [2.75, 3.05) is 12.4 Å². The second kappa shape index (κ2) is 11.5. The summed E-state index contributed by atoms with van der Waals surface area (Å²) in [6.07, 6.45) is 0. The number of hydrogen-bond acceptors (Lipinski definition) is 5. The number of ether oxygens (including phenoxy) is 2. The zero-order valence-corrected chi connectivity index (χ0v) is 20.5. The van der Waals surface area contributed by atoms with Gasteiger partial charge in [0.2, 0.25) is 0 Å². The number of methoxy groups -OCH3 is 1. The number of aryl methyl sites for hydroxylation is 2. The minimum Gasteiger partial charge on any atom is -0.493 e. The number of benzene rings is 3. The Morgan fingerprint density at radius 3 is 2.46 bits per heavy atom. The lowest BCUT2D eigenvalue weighted by Gasteiger charge is -2.13. The summed E-state index contributed by atoms with van der Waals surface area (Å²) in [7, 11) is 1.47. The van der Waals surface area contributed by atoms with Crippen molar-refractivity contribution < 1.29 is 23.5 Å². The van der Waals surface area contributed by atoms with Gasteiger partial charge in [-0.15, -0.1) is 0 Å². The highest BCUT2D eigenvalue weighted by atomic mass is 35.5. The minimum absolute atomic E-state index is 0.0834. The first kappa shape index (κ1) is 25.7. The van der Waals surface area contributed by atoms with Crippen molar-refractivity contribution in [2.45, 2.75) is 27.4 Å². The average molecular weight is 498 g/mol. The van der Waals surface area contributed by atoms with Gasteiger partial charge in [-0.2, -0.15) is 5.10 Å². The average Bonchev–Trinajstić information content (AvgIpc) is 2.84. The Kier molecular flexibility index (Phi) is 8.43. The molecule has 0 aromatic heterocycles. The summed E-state index contributed by atoms with van der Waals surface area (Å²) in [5.74, 6) is -1.45. The largest absolute Gasteiger partial charge is 0.493 e. The van der Waals surface area contributed by atoms with E-state index in [1.165, 1.54) is 19.2 Å². The van der Waals surface area contributed by atoms with Gasteiger partial charge >= 0.3 is 11.8 Å². The van der Waals surface area contributed by atoms with E-state index in [0.29, 0.717) is 28.5 Å². The summed E-state index contributed by atoms with van der Waals surface area (Å²) >= 11 is 6.05. The normalized spacial score (nSPS) is 11.1. The Morgan fingerprint density at radius 2 is 1.77 bits per heavy atom. The second-order valence-electron chi connectivity index (χ2n) is 7.75. The van der Waals surface area contributed by atoms with Crippen molar-refractivity contribution in [1.82, 2.24) is 5.43 Å². The van der Waals surface area contributed by atoms with Crippen molar-refractivity contribution >= 4 is 34.8 Å². The first-order chi connectivity index (χ1) is 16.7. The van der Waals surface area contributed by atoms with E-state index in [2.05, 4.69) is 15.8 Å². The molecule has 3 aromatic rings. The molecular formula is C26H25ClFN3O4. The first-order valence-corrected chi connectivity index (χ1v) is 11.0. The van der Waals surface area contributed by atoms with Crippen LogP contribution in [-0.4, -0.2) is 24.6 Å². The van der Waals surface area contributed by atoms with E-state index in [1.807, 2.05) is 19.9 Å². The number of anilines is 1. The first-order valence-electron chi connectivity index (χ1n) is 10.7. The van der Waals surface area contributed by atoms with E-state index in [4.69, 9.17) is 21.1 Å². The molecule has 3 aromatic carbocycles. The summed E-state index contributed by atoms with van der Waals surface area (Å²) < 4.78 is 25.1. The van der Waals surface area contributed by atoms with E-state index in [9.17, 15) is 14.0 Å². The molecule has 0 saturated carbocycles. The van der Waals surface area contributed by atoms with Crippen molar-refractivity contribution in [1.29, 1.82) is 0 Å². The third-order valence-corrected chi connectivity index (χ3v) is 5.67. The molecule has 0 bridgehead atoms. The van der Waals surface area contributed by atoms with Crippen LogP contribution in [0.15, 0.2) is 59.7 Å². The molecular weight excluding hydrogens is 473 g/mol. The van der Waals surface area contributed by atoms with Gasteiger partial charge in [0.1, 0.15) is 12.4 Å². The third-order valence-electron chi connectivity index (χ3n) is 5.31. The van der Waals surface area contributed by atoms with Crippen molar-refractivity contribution in [2.24, 2.45) is 5.10 Å². The molecule has 0 spiro atoms. The number of amides is 2. The Morgan fingerprint density at radius 1 is 1.00 bits per heavy atom. The van der Waals surface area contributed by atoms with Gasteiger partial charge in [-0.25, -0.2) is 9.82 Å². The van der Waals surface area contributed by atoms with Crippen LogP contribution >= 0.6 is 11.6 Å². The smallest absolute Gasteiger partial charge is 0.329 e. The predicted octanol–water partition coefficient (Wildman–Crippen LogP) is 5.16. The van der Waals surface area contributed by atoms with Crippen LogP contribution in [0.5, 0.6) is 11.5 Å². The van der Waals surface area contributed by atoms with Crippen LogP contribution in [0.4, 0.5) is 10.1 Å². The Labute approximate surface area is 207 Å². The van der Waals surface area contributed by atoms with Gasteiger partial charge in [-0.1, -0.05) is 23.7 Å². The number of rotatable bonds is 7. The molecule has 0 aliphatic rings. The minimum atomic E-state index is -0.906. The van der Waals surface area contributed by atoms with Crippen LogP contribution in [0.2, 0.25) is 5.02 Å². The van der Waals surface area contributed by atoms with Gasteiger partial charge in [-0.05, 0) is 74.4 Å². The summed E-state index contributed by atoms with van der Waals surface area (Å²) in [5.41, 5.74) is 6.13. The molecule has 3 rings (SSSR count). The van der Waals surface area contributed by atoms with Crippen LogP contribution in [0.1, 0.15) is 29.2 Å². The molecule has 9 heteroatoms. The summed E-state index contributed by atoms with van der Waals surface area (Å²) in [6.45, 7) is 5.45. The fourth-order valence-corrected chi connectivity index (χ4v) is 3.31. The van der Waals surface area contributed by atoms with E-state index >= 15 is 0 Å². The van der Waals surface area contributed by atoms with E-state index in [1.54, 1.807) is 43.3 Å². The Hall–Kier alpha value is -3.91. The fraction of sp³-hybridized carbons (Fsp3) is 0.192. The van der Waals surface area contributed by atoms with Gasteiger partial charge in [0.05, 0.1) is 17.8 Å². The number of hydrogen-bond donors (Lipinski definition) is 2. The molecule has 0 fully saturated rings. The number of hydrazone groups is 1. The maximum absolute atomic E-state index is 14.0. The SMILES string of the molecule is COc1cc(C(C)=NNC(=O)C(=O)Nc2ccc(C)c(C)c2)ccc1OCc1c(F)cccc1Cl. The molecule has 7 nitrogen and oxygen atoms in total. The van der Waals surface area contributed by atoms with Crippen LogP contribution in [0.25, 0.3) is 0 Å². The molecule has 0 aliphatic heterocycles. The lowest BCUT2D eigenvalue weighted by molar-refractivity contribution is -0.136. The molecule has 2 amide bonds. The standard InChI is InChI=1S/C26H25ClFN3O4/c1-15-8-10-19(12-16(15)2)29-25(32)26(33)31-30-17(3)18-9-11-23(24(13-18)34-4)35-14-20-21(27)6-5-7-22(20)28/h5-13H,14H2,1-4H3,(H,29,32)(H,31,33). The zero-order chi connectivity index (χ0) is 25.5. The molecule has 0 radical (unpaired) electrons. The molecule has 0 heterocycles. The number of carbonyl (C=O) groups excluding carboxylic acids is 2. The van der Waals surface area contributed by atoms with Crippen LogP contribution in [0, 0.1) is 19.7 Å². The van der Waals surface area contributed by atoms with Gasteiger partial charge in [-0.3, -0.25) is 9.59 Å². The summed E-state index contributed by atoms with van der Waals surface area (Å²) in [4.78, 5) is 24.3. The number of nitrogens with one attached hydrogen (secondary N) is 2. The molecule has 0 saturated heterocycles. The monoisotopic (exact) mass is 497 g/mol. The van der Waals surface area contributed by atoms with Gasteiger partial charge in [0, 0.05) is 16.8 Å². The highest BCUT2D eigenvalue weighted by molar-refractivity contribution is 6.39. The maximum Gasteiger partial charge on any atom is 0.329 e. The summed E-state index contributed by atoms with van der Waals surface area (Å²) in [5, 5.41) is 6.81. The topological polar surface area (TPSA) is 89.0 Å². The summed E-state index contributed by atoms with van der Waals surface area (Å²) in [6, 6.07) is 14.8. The lowest BCUT2D eigenvalue weighted by atomic mass is 10.1. The Bertz CT molecular complexity index is 1270. The third kappa shape index (κ3) is 6.58. The van der Waals surface area contributed by atoms with Crippen LogP contribution in [0.3, 0.4) is 0 Å². The molecule has 2 N–H and O–H groups in total. The molecule has 35 heavy (non-hydrogen) atoms. The van der Waals surface area contributed by atoms with Crippen LogP contribution in [-0.2, 0) is 16.2 Å². The molecule has 0 atom stereocenters. The molecule has 0 aliphatic carbocycles. The van der Waals surface area contributed by atoms with E-state index in [-0.39, 0.29) is 17.2 Å². The number of carbonyl (C=O) groups is 2. The molecule has 182 valence electrons. The number of halogens is 2. The van der Waals surface area contributed by atoms with E-state index < -0.39 is 17.6 Å². The van der Waals surface area contributed by atoms with Gasteiger partial charge < -0.3 is 14.8 Å². The maximum atomic E-state index is 14.0. The van der Waals surface area contributed by atoms with Crippen molar-refractivity contribution in [3.05, 3.63) is 87.7 Å². The van der Waals surface area contributed by atoms with Crippen molar-refractivity contribution in [3.63, 3.8) is 0 Å². The zero-order valence-electron chi connectivity index (χ0n) is 19.7. The van der Waals surface area contributed by atoms with Gasteiger partial charge in [0.25, 0.3) is 0 Å². The highest BCUT2D eigenvalue weighted by Gasteiger charge is 2.15. The highest BCUT2D eigenvalue weighted by Crippen LogP contribution is 2.30. The Balaban J connectivity index is 1.65.